The number of hydrogen-bond acceptors (Lipinski definition) is 4. The Morgan fingerprint density at radius 2 is 2.40 bits per heavy atom. The van der Waals surface area contributed by atoms with Gasteiger partial charge in [-0.15, -0.1) is 0 Å². The van der Waals surface area contributed by atoms with E-state index in [0.717, 1.165) is 0 Å². The molecule has 1 rings (SSSR count). The Labute approximate surface area is 58.9 Å². The predicted octanol–water partition coefficient (Wildman–Crippen LogP) is 0.140. The van der Waals surface area contributed by atoms with Gasteiger partial charge >= 0.3 is 0 Å². The van der Waals surface area contributed by atoms with E-state index in [9.17, 15) is 0 Å². The first-order valence-corrected chi connectivity index (χ1v) is 2.98. The van der Waals surface area contributed by atoms with Crippen LogP contribution in [0.25, 0.3) is 0 Å². The third kappa shape index (κ3) is 1.16. The van der Waals surface area contributed by atoms with Crippen LogP contribution < -0.4 is 0 Å². The van der Waals surface area contributed by atoms with Crippen molar-refractivity contribution in [2.75, 3.05) is 6.61 Å². The van der Waals surface area contributed by atoms with E-state index in [1.807, 2.05) is 13.8 Å². The molecule has 10 heavy (non-hydrogen) atoms. The van der Waals surface area contributed by atoms with Crippen LogP contribution in [-0.4, -0.2) is 21.9 Å². The van der Waals surface area contributed by atoms with Crippen LogP contribution in [0.1, 0.15) is 19.7 Å². The molecular weight excluding hydrogens is 132 g/mol. The summed E-state index contributed by atoms with van der Waals surface area (Å²) in [4.78, 5) is 3.70. The maximum Gasteiger partial charge on any atom is 0.243 e. The topological polar surface area (TPSA) is 59.2 Å². The minimum atomic E-state index is -0.451. The van der Waals surface area contributed by atoms with Gasteiger partial charge < -0.3 is 9.63 Å². The predicted molar refractivity (Wildman–Crippen MR) is 33.2 cm³/mol. The average molecular weight is 141 g/mol. The maximum absolute atomic E-state index is 8.82. The molecule has 0 aliphatic rings. The van der Waals surface area contributed by atoms with Gasteiger partial charge in [0.05, 0.1) is 12.0 Å². The smallest absolute Gasteiger partial charge is 0.243 e. The zero-order valence-corrected chi connectivity index (χ0v) is 5.96. The van der Waals surface area contributed by atoms with Crippen LogP contribution in [0.4, 0.5) is 0 Å². The first kappa shape index (κ1) is 7.21. The lowest BCUT2D eigenvalue weighted by Gasteiger charge is -2.14. The van der Waals surface area contributed by atoms with Crippen LogP contribution >= 0.6 is 0 Å². The van der Waals surface area contributed by atoms with Crippen LogP contribution in [0.15, 0.2) is 4.52 Å². The summed E-state index contributed by atoms with van der Waals surface area (Å²) in [7, 11) is 0. The molecule has 0 atom stereocenters. The fraction of sp³-hybridized carbons (Fsp3) is 0.667. The van der Waals surface area contributed by atoms with Crippen molar-refractivity contribution in [2.45, 2.75) is 19.3 Å². The molecule has 1 radical (unpaired) electrons. The third-order valence-electron chi connectivity index (χ3n) is 1.30. The van der Waals surface area contributed by atoms with E-state index < -0.39 is 5.41 Å². The highest BCUT2D eigenvalue weighted by Gasteiger charge is 2.25. The fourth-order valence-electron chi connectivity index (χ4n) is 0.492. The van der Waals surface area contributed by atoms with E-state index in [4.69, 9.17) is 9.63 Å². The lowest BCUT2D eigenvalue weighted by molar-refractivity contribution is 0.182. The lowest BCUT2D eigenvalue weighted by Crippen LogP contribution is -2.22. The van der Waals surface area contributed by atoms with Crippen LogP contribution in [0, 0.1) is 6.33 Å². The van der Waals surface area contributed by atoms with Gasteiger partial charge in [0.2, 0.25) is 12.2 Å². The second kappa shape index (κ2) is 2.38. The van der Waals surface area contributed by atoms with Crippen LogP contribution in [0.3, 0.4) is 0 Å². The van der Waals surface area contributed by atoms with Crippen molar-refractivity contribution in [3.05, 3.63) is 12.2 Å². The summed E-state index contributed by atoms with van der Waals surface area (Å²) in [5.41, 5.74) is -0.451. The minimum absolute atomic E-state index is 0.0109. The third-order valence-corrected chi connectivity index (χ3v) is 1.30. The van der Waals surface area contributed by atoms with Crippen molar-refractivity contribution in [2.24, 2.45) is 0 Å². The number of rotatable bonds is 2. The van der Waals surface area contributed by atoms with Gasteiger partial charge in [0.25, 0.3) is 0 Å². The van der Waals surface area contributed by atoms with Crippen molar-refractivity contribution >= 4 is 0 Å². The molecule has 1 aromatic heterocycles. The Bertz CT molecular complexity index is 194. The zero-order valence-electron chi connectivity index (χ0n) is 5.96. The summed E-state index contributed by atoms with van der Waals surface area (Å²) in [6, 6.07) is 0. The van der Waals surface area contributed by atoms with E-state index in [-0.39, 0.29) is 6.61 Å². The summed E-state index contributed by atoms with van der Waals surface area (Å²) < 4.78 is 4.71. The molecule has 0 fully saturated rings. The molecule has 0 unspecified atom stereocenters. The first-order chi connectivity index (χ1) is 4.67. The van der Waals surface area contributed by atoms with E-state index in [2.05, 4.69) is 16.5 Å². The van der Waals surface area contributed by atoms with Crippen molar-refractivity contribution in [1.82, 2.24) is 10.1 Å². The number of hydrogen-bond donors (Lipinski definition) is 1. The van der Waals surface area contributed by atoms with Crippen molar-refractivity contribution in [3.8, 4) is 0 Å². The zero-order chi connectivity index (χ0) is 7.61. The van der Waals surface area contributed by atoms with E-state index in [1.165, 1.54) is 0 Å². The van der Waals surface area contributed by atoms with Gasteiger partial charge in [-0.05, 0) is 13.8 Å². The molecule has 1 heterocycles. The summed E-state index contributed by atoms with van der Waals surface area (Å²) in [6.07, 6.45) is 2.29. The van der Waals surface area contributed by atoms with Crippen molar-refractivity contribution < 1.29 is 9.63 Å². The minimum Gasteiger partial charge on any atom is -0.395 e. The fourth-order valence-corrected chi connectivity index (χ4v) is 0.492. The Morgan fingerprint density at radius 3 is 2.80 bits per heavy atom. The molecule has 1 N–H and O–H groups in total. The van der Waals surface area contributed by atoms with E-state index in [0.29, 0.717) is 5.89 Å². The Hall–Kier alpha value is -0.900. The molecule has 4 nitrogen and oxygen atoms in total. The molecule has 0 saturated carbocycles. The van der Waals surface area contributed by atoms with Gasteiger partial charge in [-0.25, -0.2) is 0 Å². The van der Waals surface area contributed by atoms with Crippen LogP contribution in [0.2, 0.25) is 0 Å². The van der Waals surface area contributed by atoms with Gasteiger partial charge in [0, 0.05) is 0 Å². The molecule has 0 aliphatic heterocycles. The number of aliphatic hydroxyl groups excluding tert-OH is 1. The SMILES string of the molecule is CC(C)(CO)c1n[c]no1. The molecule has 55 valence electrons. The quantitative estimate of drug-likeness (QED) is 0.636. The molecule has 0 aliphatic carbocycles. The van der Waals surface area contributed by atoms with E-state index >= 15 is 0 Å². The first-order valence-electron chi connectivity index (χ1n) is 2.98. The van der Waals surface area contributed by atoms with E-state index in [1.54, 1.807) is 0 Å². The van der Waals surface area contributed by atoms with Crippen molar-refractivity contribution in [1.29, 1.82) is 0 Å². The highest BCUT2D eigenvalue weighted by Crippen LogP contribution is 2.18. The molecule has 0 saturated heterocycles. The number of aliphatic hydroxyl groups is 1. The van der Waals surface area contributed by atoms with Crippen LogP contribution in [0.5, 0.6) is 0 Å². The Kier molecular flexibility index (Phi) is 1.72. The molecule has 0 amide bonds. The largest absolute Gasteiger partial charge is 0.395 e. The molecule has 0 spiro atoms. The lowest BCUT2D eigenvalue weighted by atomic mass is 9.95. The van der Waals surface area contributed by atoms with Gasteiger partial charge in [0.15, 0.2) is 0 Å². The maximum atomic E-state index is 8.82. The molecule has 4 heteroatoms. The normalized spacial score (nSPS) is 11.9. The van der Waals surface area contributed by atoms with Crippen molar-refractivity contribution in [3.63, 3.8) is 0 Å². The number of aromatic nitrogens is 2. The Morgan fingerprint density at radius 1 is 1.70 bits per heavy atom. The molecule has 0 aromatic carbocycles. The highest BCUT2D eigenvalue weighted by molar-refractivity contribution is 4.96. The van der Waals surface area contributed by atoms with Gasteiger partial charge in [-0.2, -0.15) is 4.98 Å². The Balaban J connectivity index is 2.85. The highest BCUT2D eigenvalue weighted by atomic mass is 16.5. The van der Waals surface area contributed by atoms with Gasteiger partial charge in [0.1, 0.15) is 0 Å². The van der Waals surface area contributed by atoms with Gasteiger partial charge in [-0.1, -0.05) is 5.16 Å². The monoisotopic (exact) mass is 141 g/mol. The van der Waals surface area contributed by atoms with Gasteiger partial charge in [-0.3, -0.25) is 0 Å². The molecular formula is C6H9N2O2. The second-order valence-electron chi connectivity index (χ2n) is 2.74. The summed E-state index contributed by atoms with van der Waals surface area (Å²) >= 11 is 0. The molecule has 1 aromatic rings. The summed E-state index contributed by atoms with van der Waals surface area (Å²) in [6.45, 7) is 3.62. The summed E-state index contributed by atoms with van der Waals surface area (Å²) in [5.74, 6) is 0.412. The average Bonchev–Trinajstić information content (AvgIpc) is 2.38. The molecule has 0 bridgehead atoms. The van der Waals surface area contributed by atoms with Crippen LogP contribution in [-0.2, 0) is 5.41 Å². The standard InChI is InChI=1S/C6H9N2O2/c1-6(2,3-9)5-7-4-8-10-5/h9H,3H2,1-2H3. The number of nitrogens with zero attached hydrogens (tertiary/aromatic N) is 2. The second-order valence-corrected chi connectivity index (χ2v) is 2.74. The summed E-state index contributed by atoms with van der Waals surface area (Å²) in [5, 5.41) is 12.1.